The molecule has 0 saturated carbocycles. The van der Waals surface area contributed by atoms with Crippen LogP contribution in [0, 0.1) is 0 Å². The number of rotatable bonds is 8. The lowest BCUT2D eigenvalue weighted by molar-refractivity contribution is -0.137. The van der Waals surface area contributed by atoms with Crippen molar-refractivity contribution in [3.8, 4) is 11.9 Å². The summed E-state index contributed by atoms with van der Waals surface area (Å²) in [4.78, 5) is 20.1. The summed E-state index contributed by atoms with van der Waals surface area (Å²) < 4.78 is 49.8. The van der Waals surface area contributed by atoms with Crippen LogP contribution in [0.1, 0.15) is 17.2 Å². The molecule has 0 radical (unpaired) electrons. The average molecular weight is 578 g/mol. The molecule has 5 rings (SSSR count). The minimum Gasteiger partial charge on any atom is -0.493 e. The standard InChI is InChI=1S/C25H19ClF3N5O4S/c26-19-17(25(27,28)29)10-16-20(30-23(36)31-22(16)35)21(19)39-13-15(12-38-11-14-6-2-1-3-7-14)34-24(37)33-9-5-4-8-18(33)32-34/h1-10,15H,11-13H2,(H2,30,31,35,36)/t15-/m0/s1. The quantitative estimate of drug-likeness (QED) is 0.246. The van der Waals surface area contributed by atoms with Gasteiger partial charge in [-0.15, -0.1) is 16.9 Å². The van der Waals surface area contributed by atoms with Crippen LogP contribution < -0.4 is 5.69 Å². The number of hydrogen-bond acceptors (Lipinski definition) is 8. The lowest BCUT2D eigenvalue weighted by Crippen LogP contribution is -2.30. The Morgan fingerprint density at radius 3 is 2.54 bits per heavy atom. The smallest absolute Gasteiger partial charge is 0.417 e. The predicted octanol–water partition coefficient (Wildman–Crippen LogP) is 5.07. The molecule has 9 nitrogen and oxygen atoms in total. The summed E-state index contributed by atoms with van der Waals surface area (Å²) in [6.07, 6.45) is -3.29. The number of fused-ring (bicyclic) bond motifs is 2. The normalized spacial score (nSPS) is 12.8. The maximum absolute atomic E-state index is 13.8. The van der Waals surface area contributed by atoms with Gasteiger partial charge in [-0.25, -0.2) is 9.48 Å². The van der Waals surface area contributed by atoms with E-state index in [9.17, 15) is 28.2 Å². The topological polar surface area (TPSA) is 115 Å². The van der Waals surface area contributed by atoms with Crippen molar-refractivity contribution < 1.29 is 28.1 Å². The number of halogens is 4. The zero-order chi connectivity index (χ0) is 27.7. The van der Waals surface area contributed by atoms with Crippen molar-refractivity contribution >= 4 is 39.9 Å². The third kappa shape index (κ3) is 5.51. The van der Waals surface area contributed by atoms with E-state index in [2.05, 4.69) is 15.1 Å². The van der Waals surface area contributed by atoms with Gasteiger partial charge in [0.2, 0.25) is 5.88 Å². The molecule has 3 aromatic heterocycles. The van der Waals surface area contributed by atoms with Crippen LogP contribution in [-0.2, 0) is 17.5 Å². The van der Waals surface area contributed by atoms with Crippen molar-refractivity contribution in [2.24, 2.45) is 0 Å². The molecule has 5 aromatic rings. The van der Waals surface area contributed by atoms with Crippen LogP contribution >= 0.6 is 23.4 Å². The molecule has 0 aliphatic carbocycles. The van der Waals surface area contributed by atoms with E-state index in [4.69, 9.17) is 16.3 Å². The van der Waals surface area contributed by atoms with Crippen molar-refractivity contribution in [1.82, 2.24) is 24.1 Å². The third-order valence-electron chi connectivity index (χ3n) is 5.80. The molecule has 0 aliphatic rings. The summed E-state index contributed by atoms with van der Waals surface area (Å²) in [6, 6.07) is 13.4. The van der Waals surface area contributed by atoms with Gasteiger partial charge in [0.05, 0.1) is 45.6 Å². The molecule has 14 heteroatoms. The average Bonchev–Trinajstić information content (AvgIpc) is 3.23. The Balaban J connectivity index is 1.53. The lowest BCUT2D eigenvalue weighted by atomic mass is 10.1. The van der Waals surface area contributed by atoms with E-state index in [1.807, 2.05) is 30.3 Å². The molecule has 39 heavy (non-hydrogen) atoms. The summed E-state index contributed by atoms with van der Waals surface area (Å²) in [7, 11) is 0. The molecule has 202 valence electrons. The van der Waals surface area contributed by atoms with Crippen LogP contribution in [0.5, 0.6) is 11.9 Å². The molecule has 0 saturated heterocycles. The van der Waals surface area contributed by atoms with E-state index in [0.717, 1.165) is 17.3 Å². The SMILES string of the molecule is O=c1n([C@@H](COCc2ccccc2)CSc2c(Cl)c(C(F)(F)F)cc3c(O)nc(O)nc23)nc2ccccn12. The fraction of sp³-hybridized carbons (Fsp3) is 0.200. The van der Waals surface area contributed by atoms with E-state index in [1.54, 1.807) is 24.4 Å². The van der Waals surface area contributed by atoms with Crippen LogP contribution in [0.2, 0.25) is 5.02 Å². The largest absolute Gasteiger partial charge is 0.493 e. The molecule has 0 unspecified atom stereocenters. The number of thioether (sulfide) groups is 1. The molecule has 0 spiro atoms. The second-order valence-corrected chi connectivity index (χ2v) is 9.84. The molecular formula is C25H19ClF3N5O4S. The summed E-state index contributed by atoms with van der Waals surface area (Å²) in [5, 5.41) is 23.3. The van der Waals surface area contributed by atoms with Gasteiger partial charge in [-0.05, 0) is 23.8 Å². The molecule has 1 atom stereocenters. The molecule has 0 fully saturated rings. The maximum Gasteiger partial charge on any atom is 0.417 e. The Hall–Kier alpha value is -3.81. The Kier molecular flexibility index (Phi) is 7.38. The first-order valence-corrected chi connectivity index (χ1v) is 12.8. The highest BCUT2D eigenvalue weighted by atomic mass is 35.5. The Labute approximate surface area is 227 Å². The highest BCUT2D eigenvalue weighted by molar-refractivity contribution is 7.99. The molecule has 2 N–H and O–H groups in total. The summed E-state index contributed by atoms with van der Waals surface area (Å²) in [5.74, 6) is -0.846. The van der Waals surface area contributed by atoms with Crippen LogP contribution in [-0.4, -0.2) is 46.7 Å². The number of hydrogen-bond donors (Lipinski definition) is 2. The van der Waals surface area contributed by atoms with Crippen LogP contribution in [0.3, 0.4) is 0 Å². The van der Waals surface area contributed by atoms with Crippen molar-refractivity contribution in [2.45, 2.75) is 23.7 Å². The fourth-order valence-corrected chi connectivity index (χ4v) is 5.50. The number of ether oxygens (including phenoxy) is 1. The van der Waals surface area contributed by atoms with Gasteiger partial charge in [0.1, 0.15) is 0 Å². The van der Waals surface area contributed by atoms with Crippen LogP contribution in [0.25, 0.3) is 16.6 Å². The Bertz CT molecular complexity index is 1710. The third-order valence-corrected chi connectivity index (χ3v) is 7.54. The van der Waals surface area contributed by atoms with Crippen molar-refractivity contribution in [1.29, 1.82) is 0 Å². The second kappa shape index (κ2) is 10.8. The number of benzene rings is 2. The minimum absolute atomic E-state index is 0.00825. The molecular weight excluding hydrogens is 559 g/mol. The van der Waals surface area contributed by atoms with E-state index in [1.165, 1.54) is 9.08 Å². The van der Waals surface area contributed by atoms with E-state index in [0.29, 0.717) is 11.7 Å². The molecule has 0 bridgehead atoms. The van der Waals surface area contributed by atoms with E-state index in [-0.39, 0.29) is 34.8 Å². The first-order valence-electron chi connectivity index (χ1n) is 11.4. The monoisotopic (exact) mass is 577 g/mol. The number of aromatic nitrogens is 5. The second-order valence-electron chi connectivity index (χ2n) is 8.43. The van der Waals surface area contributed by atoms with Gasteiger partial charge >= 0.3 is 17.9 Å². The summed E-state index contributed by atoms with van der Waals surface area (Å²) >= 11 is 7.06. The van der Waals surface area contributed by atoms with Crippen LogP contribution in [0.4, 0.5) is 13.2 Å². The van der Waals surface area contributed by atoms with Crippen LogP contribution in [0.15, 0.2) is 70.5 Å². The van der Waals surface area contributed by atoms with Gasteiger partial charge in [0, 0.05) is 11.9 Å². The molecule has 3 heterocycles. The number of aromatic hydroxyl groups is 2. The van der Waals surface area contributed by atoms with Gasteiger partial charge in [0.15, 0.2) is 5.65 Å². The first kappa shape index (κ1) is 26.8. The molecule has 0 amide bonds. The van der Waals surface area contributed by atoms with Gasteiger partial charge in [-0.1, -0.05) is 48.0 Å². The van der Waals surface area contributed by atoms with Crippen molar-refractivity contribution in [3.05, 3.63) is 87.4 Å². The van der Waals surface area contributed by atoms with E-state index >= 15 is 0 Å². The van der Waals surface area contributed by atoms with Crippen molar-refractivity contribution in [2.75, 3.05) is 12.4 Å². The first-order chi connectivity index (χ1) is 18.6. The number of nitrogens with zero attached hydrogens (tertiary/aromatic N) is 5. The minimum atomic E-state index is -4.85. The zero-order valence-corrected chi connectivity index (χ0v) is 21.4. The Morgan fingerprint density at radius 2 is 1.82 bits per heavy atom. The zero-order valence-electron chi connectivity index (χ0n) is 19.8. The highest BCUT2D eigenvalue weighted by Crippen LogP contribution is 2.45. The number of pyridine rings is 1. The summed E-state index contributed by atoms with van der Waals surface area (Å²) in [5.41, 5.74) is -0.566. The highest BCUT2D eigenvalue weighted by Gasteiger charge is 2.36. The maximum atomic E-state index is 13.8. The summed E-state index contributed by atoms with van der Waals surface area (Å²) in [6.45, 7) is 0.220. The number of alkyl halides is 3. The fourth-order valence-electron chi connectivity index (χ4n) is 3.96. The molecule has 2 aromatic carbocycles. The van der Waals surface area contributed by atoms with Gasteiger partial charge in [-0.3, -0.25) is 4.40 Å². The Morgan fingerprint density at radius 1 is 1.08 bits per heavy atom. The lowest BCUT2D eigenvalue weighted by Gasteiger charge is -2.19. The van der Waals surface area contributed by atoms with Gasteiger partial charge < -0.3 is 14.9 Å². The molecule has 0 aliphatic heterocycles. The predicted molar refractivity (Wildman–Crippen MR) is 138 cm³/mol. The van der Waals surface area contributed by atoms with Crippen molar-refractivity contribution in [3.63, 3.8) is 0 Å². The van der Waals surface area contributed by atoms with E-state index < -0.39 is 40.4 Å². The van der Waals surface area contributed by atoms with Gasteiger partial charge in [-0.2, -0.15) is 23.1 Å². The van der Waals surface area contributed by atoms with Gasteiger partial charge in [0.25, 0.3) is 0 Å².